The van der Waals surface area contributed by atoms with E-state index in [1.165, 1.54) is 24.8 Å². The minimum absolute atomic E-state index is 0.279. The molecule has 0 fully saturated rings. The molecule has 2 N–H and O–H groups in total. The van der Waals surface area contributed by atoms with Gasteiger partial charge in [-0.1, -0.05) is 0 Å². The lowest BCUT2D eigenvalue weighted by Crippen LogP contribution is -2.27. The molecule has 0 saturated heterocycles. The van der Waals surface area contributed by atoms with Crippen LogP contribution in [0.5, 0.6) is 0 Å². The zero-order valence-corrected chi connectivity index (χ0v) is 10.8. The molecule has 90 valence electrons. The largest absolute Gasteiger partial charge is 0.347 e. The number of nitrogens with one attached hydrogen (secondary N) is 2. The van der Waals surface area contributed by atoms with Gasteiger partial charge in [-0.2, -0.15) is 0 Å². The normalized spacial score (nSPS) is 21.1. The summed E-state index contributed by atoms with van der Waals surface area (Å²) in [6, 6.07) is 3.04. The van der Waals surface area contributed by atoms with E-state index in [0.717, 1.165) is 5.82 Å². The number of rotatable bonds is 3. The molecule has 4 heteroatoms. The van der Waals surface area contributed by atoms with Crippen molar-refractivity contribution in [2.75, 3.05) is 0 Å². The quantitative estimate of drug-likeness (QED) is 0.874. The summed E-state index contributed by atoms with van der Waals surface area (Å²) in [5, 5.41) is 5.89. The summed E-state index contributed by atoms with van der Waals surface area (Å²) < 4.78 is 0. The van der Waals surface area contributed by atoms with Gasteiger partial charge >= 0.3 is 0 Å². The third-order valence-corrected chi connectivity index (χ3v) is 4.43. The molecule has 2 atom stereocenters. The van der Waals surface area contributed by atoms with E-state index in [1.54, 1.807) is 4.88 Å². The molecule has 2 aromatic rings. The zero-order chi connectivity index (χ0) is 11.7. The van der Waals surface area contributed by atoms with Gasteiger partial charge in [0.05, 0.1) is 6.04 Å². The number of aryl methyl sites for hydroxylation is 1. The number of H-pyrrole nitrogens is 1. The van der Waals surface area contributed by atoms with Crippen molar-refractivity contribution in [3.05, 3.63) is 40.1 Å². The minimum Gasteiger partial charge on any atom is -0.347 e. The lowest BCUT2D eigenvalue weighted by Gasteiger charge is -2.26. The predicted octanol–water partition coefficient (Wildman–Crippen LogP) is 3.20. The predicted molar refractivity (Wildman–Crippen MR) is 70.1 cm³/mol. The van der Waals surface area contributed by atoms with Crippen LogP contribution in [0, 0.1) is 0 Å². The fourth-order valence-corrected chi connectivity index (χ4v) is 3.54. The van der Waals surface area contributed by atoms with Gasteiger partial charge in [-0.25, -0.2) is 4.98 Å². The fourth-order valence-electron chi connectivity index (χ4n) is 2.55. The zero-order valence-electron chi connectivity index (χ0n) is 9.94. The number of imidazole rings is 1. The summed E-state index contributed by atoms with van der Waals surface area (Å²) in [5.41, 5.74) is 1.50. The molecule has 1 aliphatic carbocycles. The number of nitrogens with zero attached hydrogens (tertiary/aromatic N) is 1. The van der Waals surface area contributed by atoms with Gasteiger partial charge in [0, 0.05) is 23.3 Å². The van der Waals surface area contributed by atoms with Crippen molar-refractivity contribution in [2.24, 2.45) is 0 Å². The molecule has 0 amide bonds. The molecule has 0 bridgehead atoms. The van der Waals surface area contributed by atoms with Gasteiger partial charge in [0.2, 0.25) is 0 Å². The Morgan fingerprint density at radius 2 is 2.53 bits per heavy atom. The maximum absolute atomic E-state index is 4.31. The van der Waals surface area contributed by atoms with Crippen LogP contribution >= 0.6 is 11.3 Å². The fraction of sp³-hybridized carbons (Fsp3) is 0.462. The van der Waals surface area contributed by atoms with E-state index < -0.39 is 0 Å². The van der Waals surface area contributed by atoms with Crippen LogP contribution in [0.25, 0.3) is 0 Å². The Kier molecular flexibility index (Phi) is 2.99. The second-order valence-corrected chi connectivity index (χ2v) is 5.61. The Hall–Kier alpha value is -1.13. The van der Waals surface area contributed by atoms with Crippen LogP contribution in [0.1, 0.15) is 48.1 Å². The van der Waals surface area contributed by atoms with Crippen molar-refractivity contribution in [3.8, 4) is 0 Å². The molecular weight excluding hydrogens is 230 g/mol. The van der Waals surface area contributed by atoms with Crippen LogP contribution in [0.2, 0.25) is 0 Å². The molecule has 2 aromatic heterocycles. The van der Waals surface area contributed by atoms with Crippen LogP contribution in [-0.2, 0) is 6.42 Å². The highest BCUT2D eigenvalue weighted by molar-refractivity contribution is 7.10. The highest BCUT2D eigenvalue weighted by Gasteiger charge is 2.23. The lowest BCUT2D eigenvalue weighted by molar-refractivity contribution is 0.410. The third kappa shape index (κ3) is 2.15. The monoisotopic (exact) mass is 247 g/mol. The Labute approximate surface area is 105 Å². The first-order valence-electron chi connectivity index (χ1n) is 6.16. The van der Waals surface area contributed by atoms with Crippen molar-refractivity contribution in [1.82, 2.24) is 15.3 Å². The molecule has 0 aliphatic heterocycles. The first kappa shape index (κ1) is 11.0. The SMILES string of the molecule is CC(NC1CCCc2sccc21)c1ncc[nH]1. The molecule has 2 unspecified atom stereocenters. The maximum atomic E-state index is 4.31. The molecule has 0 spiro atoms. The highest BCUT2D eigenvalue weighted by Crippen LogP contribution is 2.34. The van der Waals surface area contributed by atoms with Crippen molar-refractivity contribution in [3.63, 3.8) is 0 Å². The molecule has 1 aliphatic rings. The van der Waals surface area contributed by atoms with Gasteiger partial charge in [-0.15, -0.1) is 11.3 Å². The molecule has 3 nitrogen and oxygen atoms in total. The van der Waals surface area contributed by atoms with Crippen LogP contribution in [-0.4, -0.2) is 9.97 Å². The van der Waals surface area contributed by atoms with Crippen LogP contribution in [0.15, 0.2) is 23.8 Å². The topological polar surface area (TPSA) is 40.7 Å². The molecule has 0 radical (unpaired) electrons. The molecule has 3 rings (SSSR count). The molecule has 17 heavy (non-hydrogen) atoms. The van der Waals surface area contributed by atoms with E-state index in [-0.39, 0.29) is 6.04 Å². The first-order chi connectivity index (χ1) is 8.34. The van der Waals surface area contributed by atoms with Crippen LogP contribution in [0.4, 0.5) is 0 Å². The average Bonchev–Trinajstić information content (AvgIpc) is 3.00. The van der Waals surface area contributed by atoms with E-state index in [2.05, 4.69) is 33.7 Å². The number of thiophene rings is 1. The van der Waals surface area contributed by atoms with Crippen LogP contribution in [0.3, 0.4) is 0 Å². The summed E-state index contributed by atoms with van der Waals surface area (Å²) in [5.74, 6) is 1.02. The Morgan fingerprint density at radius 1 is 1.59 bits per heavy atom. The summed E-state index contributed by atoms with van der Waals surface area (Å²) in [6.45, 7) is 2.17. The lowest BCUT2D eigenvalue weighted by atomic mass is 9.93. The van der Waals surface area contributed by atoms with Crippen molar-refractivity contribution in [2.45, 2.75) is 38.3 Å². The van der Waals surface area contributed by atoms with Gasteiger partial charge in [-0.05, 0) is 43.2 Å². The van der Waals surface area contributed by atoms with E-state index in [4.69, 9.17) is 0 Å². The number of aromatic nitrogens is 2. The van der Waals surface area contributed by atoms with Gasteiger partial charge < -0.3 is 10.3 Å². The van der Waals surface area contributed by atoms with E-state index in [1.807, 2.05) is 23.7 Å². The van der Waals surface area contributed by atoms with Crippen molar-refractivity contribution >= 4 is 11.3 Å². The Morgan fingerprint density at radius 3 is 3.35 bits per heavy atom. The smallest absolute Gasteiger partial charge is 0.122 e. The number of hydrogen-bond acceptors (Lipinski definition) is 3. The summed E-state index contributed by atoms with van der Waals surface area (Å²) in [7, 11) is 0. The van der Waals surface area contributed by atoms with Gasteiger partial charge in [0.25, 0.3) is 0 Å². The Bertz CT molecular complexity index is 475. The molecule has 0 aromatic carbocycles. The Balaban J connectivity index is 1.75. The summed E-state index contributed by atoms with van der Waals surface area (Å²) in [4.78, 5) is 9.04. The van der Waals surface area contributed by atoms with Crippen molar-refractivity contribution < 1.29 is 0 Å². The van der Waals surface area contributed by atoms with Crippen molar-refractivity contribution in [1.29, 1.82) is 0 Å². The summed E-state index contributed by atoms with van der Waals surface area (Å²) >= 11 is 1.89. The number of aromatic amines is 1. The van der Waals surface area contributed by atoms with Gasteiger partial charge in [0.15, 0.2) is 0 Å². The average molecular weight is 247 g/mol. The van der Waals surface area contributed by atoms with Gasteiger partial charge in [-0.3, -0.25) is 0 Å². The van der Waals surface area contributed by atoms with E-state index >= 15 is 0 Å². The summed E-state index contributed by atoms with van der Waals surface area (Å²) in [6.07, 6.45) is 7.46. The second-order valence-electron chi connectivity index (χ2n) is 4.61. The maximum Gasteiger partial charge on any atom is 0.122 e. The molecule has 2 heterocycles. The molecular formula is C13H17N3S. The second kappa shape index (κ2) is 4.63. The molecule has 0 saturated carbocycles. The van der Waals surface area contributed by atoms with Crippen LogP contribution < -0.4 is 5.32 Å². The minimum atomic E-state index is 0.279. The highest BCUT2D eigenvalue weighted by atomic mass is 32.1. The first-order valence-corrected chi connectivity index (χ1v) is 7.04. The number of fused-ring (bicyclic) bond motifs is 1. The third-order valence-electron chi connectivity index (χ3n) is 3.43. The number of hydrogen-bond donors (Lipinski definition) is 2. The standard InChI is InChI=1S/C13H17N3S/c1-9(13-14-6-7-15-13)16-11-3-2-4-12-10(11)5-8-17-12/h5-9,11,16H,2-4H2,1H3,(H,14,15). The van der Waals surface area contributed by atoms with E-state index in [0.29, 0.717) is 6.04 Å². The van der Waals surface area contributed by atoms with E-state index in [9.17, 15) is 0 Å². The van der Waals surface area contributed by atoms with Gasteiger partial charge in [0.1, 0.15) is 5.82 Å².